The number of hydrogen-bond donors (Lipinski definition) is 1. The highest BCUT2D eigenvalue weighted by Crippen LogP contribution is 2.37. The monoisotopic (exact) mass is 405 g/mol. The van der Waals surface area contributed by atoms with Gasteiger partial charge in [-0.2, -0.15) is 0 Å². The second kappa shape index (κ2) is 8.62. The average Bonchev–Trinajstić information content (AvgIpc) is 2.64. The van der Waals surface area contributed by atoms with E-state index in [9.17, 15) is 9.90 Å². The van der Waals surface area contributed by atoms with Gasteiger partial charge < -0.3 is 14.7 Å². The van der Waals surface area contributed by atoms with Crippen LogP contribution in [0, 0.1) is 0 Å². The Morgan fingerprint density at radius 1 is 1.29 bits per heavy atom. The summed E-state index contributed by atoms with van der Waals surface area (Å²) < 4.78 is 5.53. The third-order valence-electron chi connectivity index (χ3n) is 5.14. The van der Waals surface area contributed by atoms with Gasteiger partial charge in [-0.15, -0.1) is 0 Å². The fraction of sp³-hybridized carbons (Fsp3) is 0.571. The van der Waals surface area contributed by atoms with Crippen molar-refractivity contribution in [3.05, 3.63) is 35.4 Å². The molecule has 1 fully saturated rings. The van der Waals surface area contributed by atoms with E-state index in [-0.39, 0.29) is 25.3 Å². The Bertz CT molecular complexity index is 829. The molecule has 28 heavy (non-hydrogen) atoms. The summed E-state index contributed by atoms with van der Waals surface area (Å²) in [4.78, 5) is 23.0. The maximum Gasteiger partial charge on any atom is 0.410 e. The first-order valence-electron chi connectivity index (χ1n) is 9.79. The Labute approximate surface area is 170 Å². The van der Waals surface area contributed by atoms with Crippen LogP contribution in [-0.2, 0) is 4.74 Å². The molecule has 7 heteroatoms. The van der Waals surface area contributed by atoms with Gasteiger partial charge in [0.25, 0.3) is 0 Å². The minimum absolute atomic E-state index is 0.0680. The summed E-state index contributed by atoms with van der Waals surface area (Å²) in [5.41, 5.74) is 0.494. The molecule has 0 aliphatic heterocycles. The lowest BCUT2D eigenvalue weighted by Gasteiger charge is -2.37. The van der Waals surface area contributed by atoms with Gasteiger partial charge in [-0.05, 0) is 58.6 Å². The van der Waals surface area contributed by atoms with Gasteiger partial charge in [-0.25, -0.2) is 9.78 Å². The van der Waals surface area contributed by atoms with E-state index in [4.69, 9.17) is 16.3 Å². The molecule has 2 heterocycles. The molecule has 6 nitrogen and oxygen atoms in total. The van der Waals surface area contributed by atoms with Crippen molar-refractivity contribution in [3.8, 4) is 0 Å². The average molecular weight is 406 g/mol. The van der Waals surface area contributed by atoms with Crippen molar-refractivity contribution in [2.45, 2.75) is 64.0 Å². The second-order valence-corrected chi connectivity index (χ2v) is 8.71. The molecule has 0 bridgehead atoms. The van der Waals surface area contributed by atoms with Crippen LogP contribution in [0.5, 0.6) is 0 Å². The number of halogens is 1. The number of aromatic nitrogens is 2. The number of fused-ring (bicyclic) bond motifs is 1. The van der Waals surface area contributed by atoms with Crippen LogP contribution in [0.25, 0.3) is 10.8 Å². The van der Waals surface area contributed by atoms with Crippen LogP contribution in [-0.4, -0.2) is 50.9 Å². The maximum atomic E-state index is 12.6. The van der Waals surface area contributed by atoms with Crippen LogP contribution in [0.4, 0.5) is 4.79 Å². The van der Waals surface area contributed by atoms with Crippen LogP contribution in [0.2, 0.25) is 5.15 Å². The SMILES string of the molecule is CC(C)(C)OC(=O)N(CCO)C1CCC(c2nccc3cnc(Cl)cc23)CC1. The lowest BCUT2D eigenvalue weighted by atomic mass is 9.82. The highest BCUT2D eigenvalue weighted by molar-refractivity contribution is 6.30. The number of carbonyl (C=O) groups excluding carboxylic acids is 1. The quantitative estimate of drug-likeness (QED) is 0.756. The van der Waals surface area contributed by atoms with Crippen molar-refractivity contribution in [2.75, 3.05) is 13.2 Å². The van der Waals surface area contributed by atoms with Crippen molar-refractivity contribution >= 4 is 28.5 Å². The Morgan fingerprint density at radius 3 is 2.64 bits per heavy atom. The molecule has 1 aliphatic rings. The van der Waals surface area contributed by atoms with E-state index in [1.54, 1.807) is 11.1 Å². The molecular weight excluding hydrogens is 378 g/mol. The number of aliphatic hydroxyl groups is 1. The molecule has 152 valence electrons. The molecule has 2 aromatic rings. The number of carbonyl (C=O) groups is 1. The minimum Gasteiger partial charge on any atom is -0.444 e. The second-order valence-electron chi connectivity index (χ2n) is 8.33. The number of pyridine rings is 2. The minimum atomic E-state index is -0.553. The van der Waals surface area contributed by atoms with Gasteiger partial charge in [0.2, 0.25) is 0 Å². The predicted molar refractivity (Wildman–Crippen MR) is 110 cm³/mol. The summed E-state index contributed by atoms with van der Waals surface area (Å²) in [5, 5.41) is 12.0. The fourth-order valence-electron chi connectivity index (χ4n) is 3.90. The maximum absolute atomic E-state index is 12.6. The smallest absolute Gasteiger partial charge is 0.410 e. The number of rotatable bonds is 4. The third-order valence-corrected chi connectivity index (χ3v) is 5.34. The van der Waals surface area contributed by atoms with Gasteiger partial charge in [-0.3, -0.25) is 4.98 Å². The van der Waals surface area contributed by atoms with Crippen molar-refractivity contribution in [1.29, 1.82) is 0 Å². The molecule has 0 saturated heterocycles. The first kappa shape index (κ1) is 20.8. The highest BCUT2D eigenvalue weighted by atomic mass is 35.5. The molecule has 0 radical (unpaired) electrons. The molecule has 1 aliphatic carbocycles. The van der Waals surface area contributed by atoms with Gasteiger partial charge in [0.05, 0.1) is 12.3 Å². The van der Waals surface area contributed by atoms with E-state index >= 15 is 0 Å². The number of hydrogen-bond acceptors (Lipinski definition) is 5. The Hall–Kier alpha value is -1.92. The fourth-order valence-corrected chi connectivity index (χ4v) is 4.06. The Kier molecular flexibility index (Phi) is 6.40. The van der Waals surface area contributed by atoms with Crippen molar-refractivity contribution in [3.63, 3.8) is 0 Å². The summed E-state index contributed by atoms with van der Waals surface area (Å²) in [6, 6.07) is 3.89. The van der Waals surface area contributed by atoms with Gasteiger partial charge in [0, 0.05) is 41.7 Å². The van der Waals surface area contributed by atoms with E-state index in [2.05, 4.69) is 9.97 Å². The number of aliphatic hydroxyl groups excluding tert-OH is 1. The highest BCUT2D eigenvalue weighted by Gasteiger charge is 2.32. The van der Waals surface area contributed by atoms with Gasteiger partial charge in [-0.1, -0.05) is 11.6 Å². The molecule has 0 unspecified atom stereocenters. The summed E-state index contributed by atoms with van der Waals surface area (Å²) in [6.45, 7) is 5.77. The third kappa shape index (κ3) is 4.92. The molecule has 2 aromatic heterocycles. The van der Waals surface area contributed by atoms with E-state index in [1.807, 2.05) is 39.1 Å². The summed E-state index contributed by atoms with van der Waals surface area (Å²) in [6.07, 6.45) is 6.77. The normalized spacial score (nSPS) is 20.2. The van der Waals surface area contributed by atoms with Crippen LogP contribution >= 0.6 is 11.6 Å². The zero-order chi connectivity index (χ0) is 20.3. The zero-order valence-electron chi connectivity index (χ0n) is 16.7. The standard InChI is InChI=1S/C21H28ClN3O3/c1-21(2,3)28-20(27)25(10-11-26)16-6-4-14(5-7-16)19-17-12-18(22)24-13-15(17)8-9-23-19/h8-9,12-14,16,26H,4-7,10-11H2,1-3H3. The van der Waals surface area contributed by atoms with Crippen LogP contribution in [0.3, 0.4) is 0 Å². The van der Waals surface area contributed by atoms with E-state index < -0.39 is 5.60 Å². The predicted octanol–water partition coefficient (Wildman–Crippen LogP) is 4.54. The molecule has 0 aromatic carbocycles. The van der Waals surface area contributed by atoms with E-state index in [1.165, 1.54) is 0 Å². The Morgan fingerprint density at radius 2 is 2.00 bits per heavy atom. The molecule has 1 saturated carbocycles. The van der Waals surface area contributed by atoms with E-state index in [0.717, 1.165) is 42.1 Å². The van der Waals surface area contributed by atoms with E-state index in [0.29, 0.717) is 11.1 Å². The molecular formula is C21H28ClN3O3. The number of nitrogens with zero attached hydrogens (tertiary/aromatic N) is 3. The lowest BCUT2D eigenvalue weighted by Crippen LogP contribution is -2.46. The largest absolute Gasteiger partial charge is 0.444 e. The summed E-state index contributed by atoms with van der Waals surface area (Å²) in [7, 11) is 0. The molecule has 1 amide bonds. The summed E-state index contributed by atoms with van der Waals surface area (Å²) >= 11 is 6.10. The van der Waals surface area contributed by atoms with Crippen molar-refractivity contribution in [2.24, 2.45) is 0 Å². The zero-order valence-corrected chi connectivity index (χ0v) is 17.4. The lowest BCUT2D eigenvalue weighted by molar-refractivity contribution is 0.00756. The number of ether oxygens (including phenoxy) is 1. The topological polar surface area (TPSA) is 75.5 Å². The molecule has 3 rings (SSSR count). The first-order chi connectivity index (χ1) is 13.3. The van der Waals surface area contributed by atoms with Crippen LogP contribution in [0.15, 0.2) is 24.5 Å². The Balaban J connectivity index is 1.73. The van der Waals surface area contributed by atoms with Gasteiger partial charge in [0.1, 0.15) is 10.8 Å². The first-order valence-corrected chi connectivity index (χ1v) is 10.2. The van der Waals surface area contributed by atoms with Crippen molar-refractivity contribution < 1.29 is 14.6 Å². The van der Waals surface area contributed by atoms with Crippen LogP contribution in [0.1, 0.15) is 58.1 Å². The van der Waals surface area contributed by atoms with Crippen LogP contribution < -0.4 is 0 Å². The van der Waals surface area contributed by atoms with Crippen molar-refractivity contribution in [1.82, 2.24) is 14.9 Å². The summed E-state index contributed by atoms with van der Waals surface area (Å²) in [5.74, 6) is 0.313. The van der Waals surface area contributed by atoms with Gasteiger partial charge in [0.15, 0.2) is 0 Å². The molecule has 0 atom stereocenters. The van der Waals surface area contributed by atoms with Gasteiger partial charge >= 0.3 is 6.09 Å². The molecule has 1 N–H and O–H groups in total. The molecule has 0 spiro atoms. The number of amides is 1.